The van der Waals surface area contributed by atoms with E-state index in [0.29, 0.717) is 0 Å². The average Bonchev–Trinajstić information content (AvgIpc) is 2.30. The van der Waals surface area contributed by atoms with Crippen molar-refractivity contribution >= 4 is 20.2 Å². The summed E-state index contributed by atoms with van der Waals surface area (Å²) >= 11 is 0. The minimum Gasteiger partial charge on any atom is -0.382 e. The summed E-state index contributed by atoms with van der Waals surface area (Å²) in [5.74, 6) is -1.80. The average molecular weight is 330 g/mol. The molecule has 1 aromatic rings. The zero-order valence-electron chi connectivity index (χ0n) is 10.2. The lowest BCUT2D eigenvalue weighted by Crippen LogP contribution is -2.16. The molecule has 0 N–H and O–H groups in total. The van der Waals surface area contributed by atoms with Gasteiger partial charge >= 0.3 is 20.2 Å². The van der Waals surface area contributed by atoms with Crippen molar-refractivity contribution in [1.29, 1.82) is 0 Å². The maximum atomic E-state index is 11.9. The Morgan fingerprint density at radius 3 is 1.30 bits per heavy atom. The molecule has 0 radical (unpaired) electrons. The number of hydrogen-bond donors (Lipinski definition) is 0. The van der Waals surface area contributed by atoms with Gasteiger partial charge in [-0.05, 0) is 24.3 Å². The molecule has 0 aliphatic heterocycles. The molecule has 0 aliphatic carbocycles. The topological polar surface area (TPSA) is 86.7 Å². The van der Waals surface area contributed by atoms with Gasteiger partial charge in [-0.3, -0.25) is 0 Å². The van der Waals surface area contributed by atoms with Crippen molar-refractivity contribution in [3.8, 4) is 11.5 Å². The molecular weight excluding hydrogens is 318 g/mol. The van der Waals surface area contributed by atoms with E-state index in [-0.39, 0.29) is 11.5 Å². The van der Waals surface area contributed by atoms with E-state index in [1.165, 1.54) is 0 Å². The first-order valence-electron chi connectivity index (χ1n) is 5.34. The van der Waals surface area contributed by atoms with Gasteiger partial charge in [0.2, 0.25) is 0 Å². The second-order valence-corrected chi connectivity index (χ2v) is 6.92. The third-order valence-electron chi connectivity index (χ3n) is 1.92. The summed E-state index contributed by atoms with van der Waals surface area (Å²) in [6, 6.07) is 4.54. The van der Waals surface area contributed by atoms with E-state index in [1.54, 1.807) is 0 Å². The van der Waals surface area contributed by atoms with Crippen molar-refractivity contribution in [1.82, 2.24) is 0 Å². The van der Waals surface area contributed by atoms with Crippen LogP contribution in [-0.2, 0) is 20.2 Å². The Bertz CT molecular complexity index is 567. The molecule has 0 saturated heterocycles. The van der Waals surface area contributed by atoms with Gasteiger partial charge in [0.05, 0.1) is 0 Å². The highest BCUT2D eigenvalue weighted by Crippen LogP contribution is 2.20. The summed E-state index contributed by atoms with van der Waals surface area (Å²) in [6.45, 7) is -2.16. The molecule has 0 bridgehead atoms. The fraction of sp³-hybridized carbons (Fsp3) is 0.400. The molecule has 1 aromatic carbocycles. The number of halogens is 2. The van der Waals surface area contributed by atoms with Crippen LogP contribution in [0.5, 0.6) is 11.5 Å². The van der Waals surface area contributed by atoms with Gasteiger partial charge in [-0.15, -0.1) is 0 Å². The highest BCUT2D eigenvalue weighted by Gasteiger charge is 2.14. The standard InChI is InChI=1S/C10H12F2O6S2/c11-5-7-19(13,14)17-9-1-2-10(4-3-9)18-20(15,16)8-6-12/h1-4H,5-8H2. The zero-order valence-corrected chi connectivity index (χ0v) is 11.8. The van der Waals surface area contributed by atoms with Crippen LogP contribution in [0, 0.1) is 0 Å². The quantitative estimate of drug-likeness (QED) is 0.662. The van der Waals surface area contributed by atoms with Gasteiger partial charge in [0.15, 0.2) is 0 Å². The van der Waals surface area contributed by atoms with Crippen molar-refractivity contribution in [2.24, 2.45) is 0 Å². The lowest BCUT2D eigenvalue weighted by atomic mass is 10.3. The first-order valence-corrected chi connectivity index (χ1v) is 8.50. The summed E-state index contributed by atoms with van der Waals surface area (Å²) in [6.07, 6.45) is 0. The highest BCUT2D eigenvalue weighted by molar-refractivity contribution is 7.87. The lowest BCUT2D eigenvalue weighted by molar-refractivity contribution is 0.457. The normalized spacial score (nSPS) is 12.1. The van der Waals surface area contributed by atoms with Crippen molar-refractivity contribution in [2.75, 3.05) is 24.9 Å². The van der Waals surface area contributed by atoms with Crippen LogP contribution in [0.3, 0.4) is 0 Å². The molecular formula is C10H12F2O6S2. The van der Waals surface area contributed by atoms with Crippen LogP contribution in [0.1, 0.15) is 0 Å². The smallest absolute Gasteiger partial charge is 0.311 e. The zero-order chi connectivity index (χ0) is 15.2. The molecule has 0 fully saturated rings. The largest absolute Gasteiger partial charge is 0.382 e. The molecule has 10 heteroatoms. The maximum Gasteiger partial charge on any atom is 0.311 e. The Hall–Kier alpha value is -1.42. The Morgan fingerprint density at radius 2 is 1.05 bits per heavy atom. The van der Waals surface area contributed by atoms with E-state index in [1.807, 2.05) is 0 Å². The van der Waals surface area contributed by atoms with Crippen molar-refractivity contribution in [2.45, 2.75) is 0 Å². The van der Waals surface area contributed by atoms with E-state index in [9.17, 15) is 25.6 Å². The van der Waals surface area contributed by atoms with Crippen LogP contribution in [0.15, 0.2) is 24.3 Å². The van der Waals surface area contributed by atoms with Crippen molar-refractivity contribution in [3.05, 3.63) is 24.3 Å². The van der Waals surface area contributed by atoms with Gasteiger partial charge in [-0.2, -0.15) is 16.8 Å². The molecule has 0 atom stereocenters. The maximum absolute atomic E-state index is 11.9. The van der Waals surface area contributed by atoms with E-state index >= 15 is 0 Å². The summed E-state index contributed by atoms with van der Waals surface area (Å²) in [7, 11) is -8.05. The summed E-state index contributed by atoms with van der Waals surface area (Å²) < 4.78 is 77.6. The molecule has 0 amide bonds. The molecule has 6 nitrogen and oxygen atoms in total. The monoisotopic (exact) mass is 330 g/mol. The highest BCUT2D eigenvalue weighted by atomic mass is 32.2. The van der Waals surface area contributed by atoms with E-state index < -0.39 is 45.1 Å². The predicted octanol–water partition coefficient (Wildman–Crippen LogP) is 1.04. The number of hydrogen-bond acceptors (Lipinski definition) is 6. The second-order valence-electron chi connectivity index (χ2n) is 3.54. The third-order valence-corrected chi connectivity index (χ3v) is 4.13. The minimum atomic E-state index is -4.02. The van der Waals surface area contributed by atoms with E-state index in [0.717, 1.165) is 24.3 Å². The van der Waals surface area contributed by atoms with Gasteiger partial charge < -0.3 is 8.37 Å². The van der Waals surface area contributed by atoms with Crippen molar-refractivity contribution < 1.29 is 34.0 Å². The number of alkyl halides is 2. The molecule has 0 saturated carbocycles. The van der Waals surface area contributed by atoms with Crippen LogP contribution < -0.4 is 8.37 Å². The molecule has 0 unspecified atom stereocenters. The van der Waals surface area contributed by atoms with E-state index in [2.05, 4.69) is 8.37 Å². The molecule has 0 aromatic heterocycles. The molecule has 0 spiro atoms. The lowest BCUT2D eigenvalue weighted by Gasteiger charge is -2.07. The second kappa shape index (κ2) is 6.84. The van der Waals surface area contributed by atoms with Crippen LogP contribution in [0.4, 0.5) is 8.78 Å². The fourth-order valence-corrected chi connectivity index (χ4v) is 2.47. The molecule has 0 aliphatic rings. The Balaban J connectivity index is 2.75. The van der Waals surface area contributed by atoms with E-state index in [4.69, 9.17) is 0 Å². The molecule has 1 rings (SSSR count). The SMILES string of the molecule is O=S(=O)(CCF)Oc1ccc(OS(=O)(=O)CCF)cc1. The fourth-order valence-electron chi connectivity index (χ4n) is 1.12. The number of benzene rings is 1. The van der Waals surface area contributed by atoms with Gasteiger partial charge in [0.25, 0.3) is 0 Å². The van der Waals surface area contributed by atoms with Gasteiger partial charge in [-0.1, -0.05) is 0 Å². The van der Waals surface area contributed by atoms with Gasteiger partial charge in [0, 0.05) is 0 Å². The molecule has 20 heavy (non-hydrogen) atoms. The van der Waals surface area contributed by atoms with Crippen LogP contribution in [0.2, 0.25) is 0 Å². The van der Waals surface area contributed by atoms with Gasteiger partial charge in [-0.25, -0.2) is 8.78 Å². The molecule has 114 valence electrons. The number of rotatable bonds is 8. The third kappa shape index (κ3) is 5.70. The van der Waals surface area contributed by atoms with Crippen LogP contribution >= 0.6 is 0 Å². The Labute approximate surface area is 115 Å². The first kappa shape index (κ1) is 16.6. The molecule has 0 heterocycles. The van der Waals surface area contributed by atoms with Crippen molar-refractivity contribution in [3.63, 3.8) is 0 Å². The van der Waals surface area contributed by atoms with Crippen LogP contribution in [0.25, 0.3) is 0 Å². The van der Waals surface area contributed by atoms with Gasteiger partial charge in [0.1, 0.15) is 36.4 Å². The summed E-state index contributed by atoms with van der Waals surface area (Å²) in [5.41, 5.74) is 0. The Kier molecular flexibility index (Phi) is 5.69. The summed E-state index contributed by atoms with van der Waals surface area (Å²) in [5, 5.41) is 0. The first-order chi connectivity index (χ1) is 9.28. The van der Waals surface area contributed by atoms with Crippen LogP contribution in [-0.4, -0.2) is 41.7 Å². The minimum absolute atomic E-state index is 0.117. The predicted molar refractivity (Wildman–Crippen MR) is 67.2 cm³/mol. The Morgan fingerprint density at radius 1 is 0.750 bits per heavy atom. The summed E-state index contributed by atoms with van der Waals surface area (Å²) in [4.78, 5) is 0.